The zero-order valence-corrected chi connectivity index (χ0v) is 15.1. The molecule has 0 spiro atoms. The molecule has 0 aliphatic carbocycles. The number of aromatic nitrogens is 2. The van der Waals surface area contributed by atoms with Crippen LogP contribution in [0.3, 0.4) is 0 Å². The van der Waals surface area contributed by atoms with E-state index in [1.807, 2.05) is 36.6 Å². The summed E-state index contributed by atoms with van der Waals surface area (Å²) in [6, 6.07) is 7.94. The minimum absolute atomic E-state index is 0.0718. The molecule has 0 bridgehead atoms. The van der Waals surface area contributed by atoms with Gasteiger partial charge in [-0.05, 0) is 35.9 Å². The van der Waals surface area contributed by atoms with Crippen LogP contribution < -0.4 is 11.1 Å². The highest BCUT2D eigenvalue weighted by Crippen LogP contribution is 2.26. The number of thiophene rings is 1. The van der Waals surface area contributed by atoms with Crippen LogP contribution in [-0.2, 0) is 11.2 Å². The molecule has 0 saturated heterocycles. The number of benzene rings is 1. The molecular formula is C17H18N4OS2. The number of aryl methyl sites for hydroxylation is 2. The van der Waals surface area contributed by atoms with Gasteiger partial charge in [-0.1, -0.05) is 36.9 Å². The van der Waals surface area contributed by atoms with E-state index in [2.05, 4.69) is 22.2 Å². The van der Waals surface area contributed by atoms with E-state index < -0.39 is 0 Å². The van der Waals surface area contributed by atoms with Crippen LogP contribution in [0.1, 0.15) is 18.1 Å². The monoisotopic (exact) mass is 358 g/mol. The molecule has 3 rings (SSSR count). The number of rotatable bonds is 5. The molecule has 124 valence electrons. The summed E-state index contributed by atoms with van der Waals surface area (Å²) in [7, 11) is 0. The number of carbonyl (C=O) groups is 1. The van der Waals surface area contributed by atoms with Crippen molar-refractivity contribution in [2.75, 3.05) is 16.8 Å². The average molecular weight is 358 g/mol. The third-order valence-electron chi connectivity index (χ3n) is 3.67. The van der Waals surface area contributed by atoms with E-state index in [4.69, 9.17) is 5.73 Å². The van der Waals surface area contributed by atoms with E-state index >= 15 is 0 Å². The number of hydrogen-bond acceptors (Lipinski definition) is 6. The van der Waals surface area contributed by atoms with Gasteiger partial charge in [-0.15, -0.1) is 11.3 Å². The first-order chi connectivity index (χ1) is 11.6. The molecule has 1 aromatic carbocycles. The lowest BCUT2D eigenvalue weighted by atomic mass is 10.1. The predicted octanol–water partition coefficient (Wildman–Crippen LogP) is 3.88. The lowest BCUT2D eigenvalue weighted by molar-refractivity contribution is -0.113. The summed E-state index contributed by atoms with van der Waals surface area (Å²) in [5, 5.41) is 6.32. The Hall–Kier alpha value is -2.12. The highest BCUT2D eigenvalue weighted by Gasteiger charge is 2.12. The van der Waals surface area contributed by atoms with Crippen molar-refractivity contribution in [2.24, 2.45) is 0 Å². The van der Waals surface area contributed by atoms with Gasteiger partial charge >= 0.3 is 0 Å². The van der Waals surface area contributed by atoms with Gasteiger partial charge < -0.3 is 11.1 Å². The number of amides is 1. The van der Waals surface area contributed by atoms with Gasteiger partial charge in [0.2, 0.25) is 5.91 Å². The molecule has 2 aromatic heterocycles. The molecule has 0 aliphatic heterocycles. The van der Waals surface area contributed by atoms with E-state index in [0.717, 1.165) is 33.5 Å². The number of thioether (sulfide) groups is 1. The van der Waals surface area contributed by atoms with Crippen LogP contribution in [0.2, 0.25) is 0 Å². The molecule has 0 radical (unpaired) electrons. The summed E-state index contributed by atoms with van der Waals surface area (Å²) in [5.74, 6) is 0.627. The second-order valence-corrected chi connectivity index (χ2v) is 7.17. The molecule has 2 heterocycles. The van der Waals surface area contributed by atoms with Crippen molar-refractivity contribution in [2.45, 2.75) is 25.4 Å². The molecule has 0 unspecified atom stereocenters. The largest absolute Gasteiger partial charge is 0.383 e. The first kappa shape index (κ1) is 16.7. The highest BCUT2D eigenvalue weighted by atomic mass is 32.2. The number of nitrogens with one attached hydrogen (secondary N) is 1. The Morgan fingerprint density at radius 1 is 1.33 bits per heavy atom. The maximum Gasteiger partial charge on any atom is 0.234 e. The van der Waals surface area contributed by atoms with Crippen molar-refractivity contribution in [1.29, 1.82) is 0 Å². The summed E-state index contributed by atoms with van der Waals surface area (Å²) in [5.41, 5.74) is 9.03. The second-order valence-electron chi connectivity index (χ2n) is 5.33. The lowest BCUT2D eigenvalue weighted by Gasteiger charge is -2.12. The van der Waals surface area contributed by atoms with Gasteiger partial charge in [0.05, 0.1) is 11.1 Å². The molecule has 3 N–H and O–H groups in total. The van der Waals surface area contributed by atoms with E-state index in [-0.39, 0.29) is 11.7 Å². The molecule has 3 aromatic rings. The zero-order chi connectivity index (χ0) is 17.1. The molecule has 0 fully saturated rings. The van der Waals surface area contributed by atoms with Gasteiger partial charge in [0.25, 0.3) is 0 Å². The van der Waals surface area contributed by atoms with Gasteiger partial charge in [-0.3, -0.25) is 4.79 Å². The van der Waals surface area contributed by atoms with E-state index in [9.17, 15) is 4.79 Å². The van der Waals surface area contributed by atoms with Crippen LogP contribution in [-0.4, -0.2) is 21.6 Å². The Kier molecular flexibility index (Phi) is 5.01. The Labute approximate surface area is 148 Å². The van der Waals surface area contributed by atoms with Crippen LogP contribution in [0.15, 0.2) is 34.8 Å². The molecule has 0 saturated carbocycles. The molecule has 0 atom stereocenters. The van der Waals surface area contributed by atoms with Crippen LogP contribution >= 0.6 is 23.1 Å². The number of nitrogens with two attached hydrogens (primary N) is 1. The smallest absolute Gasteiger partial charge is 0.234 e. The minimum atomic E-state index is -0.0718. The molecule has 0 aliphatic rings. The predicted molar refractivity (Wildman–Crippen MR) is 102 cm³/mol. The Balaban J connectivity index is 1.69. The summed E-state index contributed by atoms with van der Waals surface area (Å²) < 4.78 is 0. The number of anilines is 2. The second kappa shape index (κ2) is 7.19. The van der Waals surface area contributed by atoms with Gasteiger partial charge in [0.1, 0.15) is 10.6 Å². The lowest BCUT2D eigenvalue weighted by Crippen LogP contribution is -2.16. The van der Waals surface area contributed by atoms with Gasteiger partial charge in [0, 0.05) is 5.69 Å². The van der Waals surface area contributed by atoms with Crippen LogP contribution in [0.25, 0.3) is 10.2 Å². The zero-order valence-electron chi connectivity index (χ0n) is 13.5. The maximum absolute atomic E-state index is 12.3. The fourth-order valence-electron chi connectivity index (χ4n) is 2.43. The van der Waals surface area contributed by atoms with Gasteiger partial charge in [-0.2, -0.15) is 0 Å². The highest BCUT2D eigenvalue weighted by molar-refractivity contribution is 7.99. The van der Waals surface area contributed by atoms with Crippen molar-refractivity contribution in [3.63, 3.8) is 0 Å². The Morgan fingerprint density at radius 3 is 2.96 bits per heavy atom. The fraction of sp³-hybridized carbons (Fsp3) is 0.235. The van der Waals surface area contributed by atoms with Gasteiger partial charge in [-0.25, -0.2) is 9.97 Å². The summed E-state index contributed by atoms with van der Waals surface area (Å²) in [6.45, 7) is 4.07. The molecule has 5 nitrogen and oxygen atoms in total. The Bertz CT molecular complexity index is 891. The number of nitrogen functional groups attached to an aromatic ring is 1. The average Bonchev–Trinajstić information content (AvgIpc) is 3.04. The van der Waals surface area contributed by atoms with E-state index in [1.165, 1.54) is 23.1 Å². The van der Waals surface area contributed by atoms with Crippen molar-refractivity contribution in [1.82, 2.24) is 9.97 Å². The van der Waals surface area contributed by atoms with E-state index in [1.54, 1.807) is 0 Å². The number of para-hydroxylation sites is 1. The first-order valence-corrected chi connectivity index (χ1v) is 9.47. The SMILES string of the molecule is CCc1cccc(C)c1NC(=O)CSc1nc(N)c2ccsc2n1. The Morgan fingerprint density at radius 2 is 2.17 bits per heavy atom. The van der Waals surface area contributed by atoms with Crippen molar-refractivity contribution in [3.05, 3.63) is 40.8 Å². The quantitative estimate of drug-likeness (QED) is 0.534. The molecule has 7 heteroatoms. The maximum atomic E-state index is 12.3. The van der Waals surface area contributed by atoms with Crippen molar-refractivity contribution in [3.8, 4) is 0 Å². The summed E-state index contributed by atoms with van der Waals surface area (Å²) >= 11 is 2.81. The number of hydrogen-bond donors (Lipinski definition) is 2. The van der Waals surface area contributed by atoms with Crippen molar-refractivity contribution < 1.29 is 4.79 Å². The fourth-order valence-corrected chi connectivity index (χ4v) is 3.91. The first-order valence-electron chi connectivity index (χ1n) is 7.60. The molecular weight excluding hydrogens is 340 g/mol. The summed E-state index contributed by atoms with van der Waals surface area (Å²) in [6.07, 6.45) is 0.874. The number of carbonyl (C=O) groups excluding carboxylic acids is 1. The normalized spacial score (nSPS) is 10.9. The standard InChI is InChI=1S/C17H18N4OS2/c1-3-11-6-4-5-10(2)14(11)19-13(22)9-24-17-20-15(18)12-7-8-23-16(12)21-17/h4-8H,3,9H2,1-2H3,(H,19,22)(H2,18,20,21). The number of fused-ring (bicyclic) bond motifs is 1. The van der Waals surface area contributed by atoms with Gasteiger partial charge in [0.15, 0.2) is 5.16 Å². The van der Waals surface area contributed by atoms with E-state index in [0.29, 0.717) is 11.0 Å². The van der Waals surface area contributed by atoms with Crippen LogP contribution in [0, 0.1) is 6.92 Å². The molecule has 24 heavy (non-hydrogen) atoms. The molecule has 1 amide bonds. The van der Waals surface area contributed by atoms with Crippen molar-refractivity contribution >= 4 is 50.7 Å². The van der Waals surface area contributed by atoms with Crippen LogP contribution in [0.4, 0.5) is 11.5 Å². The van der Waals surface area contributed by atoms with Crippen LogP contribution in [0.5, 0.6) is 0 Å². The minimum Gasteiger partial charge on any atom is -0.383 e. The summed E-state index contributed by atoms with van der Waals surface area (Å²) in [4.78, 5) is 21.8. The third kappa shape index (κ3) is 3.52. The number of nitrogens with zero attached hydrogens (tertiary/aromatic N) is 2. The third-order valence-corrected chi connectivity index (χ3v) is 5.32. The topological polar surface area (TPSA) is 80.9 Å².